The second-order valence-corrected chi connectivity index (χ2v) is 6.16. The third-order valence-corrected chi connectivity index (χ3v) is 4.36. The first-order valence-corrected chi connectivity index (χ1v) is 6.31. The Bertz CT molecular complexity index is 546. The molecule has 1 aliphatic rings. The van der Waals surface area contributed by atoms with E-state index in [0.717, 1.165) is 0 Å². The minimum absolute atomic E-state index is 0.0840. The van der Waals surface area contributed by atoms with Gasteiger partial charge >= 0.3 is 5.97 Å². The highest BCUT2D eigenvalue weighted by molar-refractivity contribution is 6.53. The first-order valence-electron chi connectivity index (χ1n) is 5.55. The van der Waals surface area contributed by atoms with E-state index in [0.29, 0.717) is 12.0 Å². The van der Waals surface area contributed by atoms with E-state index in [9.17, 15) is 14.9 Å². The fourth-order valence-corrected chi connectivity index (χ4v) is 2.42. The van der Waals surface area contributed by atoms with E-state index in [-0.39, 0.29) is 12.3 Å². The van der Waals surface area contributed by atoms with Gasteiger partial charge in [0.1, 0.15) is 16.4 Å². The zero-order valence-corrected chi connectivity index (χ0v) is 11.6. The van der Waals surface area contributed by atoms with Crippen molar-refractivity contribution in [3.8, 4) is 0 Å². The van der Waals surface area contributed by atoms with E-state index in [4.69, 9.17) is 27.9 Å². The number of benzene rings is 1. The standard InChI is InChI=1S/C12H11Cl2NO4/c1-11(7-12(11,13)14)10(16)19-6-8-4-2-3-5-9(8)15(17)18/h2-5H,6-7H2,1H3. The van der Waals surface area contributed by atoms with Gasteiger partial charge in [0.25, 0.3) is 5.69 Å². The summed E-state index contributed by atoms with van der Waals surface area (Å²) in [7, 11) is 0. The van der Waals surface area contributed by atoms with Crippen LogP contribution >= 0.6 is 23.2 Å². The number of carbonyl (C=O) groups is 1. The van der Waals surface area contributed by atoms with Crippen molar-refractivity contribution < 1.29 is 14.5 Å². The van der Waals surface area contributed by atoms with Crippen molar-refractivity contribution in [3.63, 3.8) is 0 Å². The van der Waals surface area contributed by atoms with Crippen molar-refractivity contribution in [2.45, 2.75) is 24.3 Å². The molecule has 19 heavy (non-hydrogen) atoms. The van der Waals surface area contributed by atoms with Crippen LogP contribution in [-0.4, -0.2) is 15.2 Å². The van der Waals surface area contributed by atoms with E-state index in [2.05, 4.69) is 0 Å². The summed E-state index contributed by atoms with van der Waals surface area (Å²) in [6.45, 7) is 1.43. The normalized spacial score (nSPS) is 23.7. The van der Waals surface area contributed by atoms with Gasteiger partial charge in [-0.05, 0) is 13.0 Å². The summed E-state index contributed by atoms with van der Waals surface area (Å²) in [6.07, 6.45) is 0.318. The molecule has 0 N–H and O–H groups in total. The fraction of sp³-hybridized carbons (Fsp3) is 0.417. The Hall–Kier alpha value is -1.33. The molecule has 0 spiro atoms. The summed E-state index contributed by atoms with van der Waals surface area (Å²) >= 11 is 11.7. The lowest BCUT2D eigenvalue weighted by atomic mass is 10.1. The average molecular weight is 304 g/mol. The van der Waals surface area contributed by atoms with Crippen LogP contribution in [0.3, 0.4) is 0 Å². The van der Waals surface area contributed by atoms with Crippen LogP contribution in [0.5, 0.6) is 0 Å². The van der Waals surface area contributed by atoms with Gasteiger partial charge in [-0.3, -0.25) is 14.9 Å². The highest BCUT2D eigenvalue weighted by Gasteiger charge is 2.69. The molecule has 0 amide bonds. The smallest absolute Gasteiger partial charge is 0.315 e. The molecular formula is C12H11Cl2NO4. The third kappa shape index (κ3) is 2.53. The average Bonchev–Trinajstić information content (AvgIpc) is 2.87. The minimum atomic E-state index is -1.10. The Morgan fingerprint density at radius 3 is 2.58 bits per heavy atom. The van der Waals surface area contributed by atoms with Gasteiger partial charge in [0.2, 0.25) is 0 Å². The Labute approximate surface area is 119 Å². The molecule has 1 fully saturated rings. The second kappa shape index (κ2) is 4.65. The van der Waals surface area contributed by atoms with Crippen LogP contribution in [-0.2, 0) is 16.1 Å². The molecule has 1 unspecified atom stereocenters. The molecule has 0 bridgehead atoms. The number of rotatable bonds is 4. The summed E-state index contributed by atoms with van der Waals surface area (Å²) in [6, 6.07) is 6.08. The van der Waals surface area contributed by atoms with Crippen LogP contribution in [0.25, 0.3) is 0 Å². The summed E-state index contributed by atoms with van der Waals surface area (Å²) in [5.41, 5.74) is -0.682. The molecule has 0 radical (unpaired) electrons. The molecule has 7 heteroatoms. The van der Waals surface area contributed by atoms with E-state index >= 15 is 0 Å². The number of nitro groups is 1. The van der Waals surface area contributed by atoms with Crippen LogP contribution in [0.2, 0.25) is 0 Å². The van der Waals surface area contributed by atoms with Crippen LogP contribution in [0.1, 0.15) is 18.9 Å². The highest BCUT2D eigenvalue weighted by atomic mass is 35.5. The SMILES string of the molecule is CC1(C(=O)OCc2ccccc2[N+](=O)[O-])CC1(Cl)Cl. The van der Waals surface area contributed by atoms with Crippen molar-refractivity contribution in [3.05, 3.63) is 39.9 Å². The Morgan fingerprint density at radius 1 is 1.47 bits per heavy atom. The monoisotopic (exact) mass is 303 g/mol. The molecule has 1 saturated carbocycles. The summed E-state index contributed by atoms with van der Waals surface area (Å²) in [5, 5.41) is 10.8. The molecule has 1 aromatic carbocycles. The molecule has 1 atom stereocenters. The number of para-hydroxylation sites is 1. The van der Waals surface area contributed by atoms with Gasteiger partial charge in [-0.15, -0.1) is 23.2 Å². The zero-order chi connectivity index (χ0) is 14.3. The lowest BCUT2D eigenvalue weighted by molar-refractivity contribution is -0.385. The van der Waals surface area contributed by atoms with Crippen molar-refractivity contribution in [1.29, 1.82) is 0 Å². The highest BCUT2D eigenvalue weighted by Crippen LogP contribution is 2.64. The fourth-order valence-electron chi connectivity index (χ4n) is 1.73. The first kappa shape index (κ1) is 14.1. The van der Waals surface area contributed by atoms with E-state index in [1.807, 2.05) is 0 Å². The largest absolute Gasteiger partial charge is 0.460 e. The molecule has 102 valence electrons. The van der Waals surface area contributed by atoms with Crippen LogP contribution in [0.15, 0.2) is 24.3 Å². The third-order valence-electron chi connectivity index (χ3n) is 3.26. The number of alkyl halides is 2. The van der Waals surface area contributed by atoms with E-state index in [1.54, 1.807) is 19.1 Å². The molecular weight excluding hydrogens is 293 g/mol. The minimum Gasteiger partial charge on any atom is -0.460 e. The number of nitro benzene ring substituents is 1. The topological polar surface area (TPSA) is 69.4 Å². The predicted octanol–water partition coefficient (Wildman–Crippen LogP) is 3.22. The number of esters is 1. The second-order valence-electron chi connectivity index (χ2n) is 4.68. The molecule has 0 saturated heterocycles. The van der Waals surface area contributed by atoms with Gasteiger partial charge in [-0.2, -0.15) is 0 Å². The summed E-state index contributed by atoms with van der Waals surface area (Å²) in [4.78, 5) is 22.1. The van der Waals surface area contributed by atoms with Gasteiger partial charge in [-0.25, -0.2) is 0 Å². The van der Waals surface area contributed by atoms with Crippen molar-refractivity contribution in [2.75, 3.05) is 0 Å². The lowest BCUT2D eigenvalue weighted by Gasteiger charge is -2.11. The van der Waals surface area contributed by atoms with Crippen molar-refractivity contribution in [1.82, 2.24) is 0 Å². The quantitative estimate of drug-likeness (QED) is 0.370. The molecule has 5 nitrogen and oxygen atoms in total. The van der Waals surface area contributed by atoms with Gasteiger partial charge in [-0.1, -0.05) is 12.1 Å². The molecule has 0 aliphatic heterocycles. The van der Waals surface area contributed by atoms with Crippen LogP contribution in [0.4, 0.5) is 5.69 Å². The maximum absolute atomic E-state index is 11.8. The lowest BCUT2D eigenvalue weighted by Crippen LogP contribution is -2.21. The Kier molecular flexibility index (Phi) is 3.45. The van der Waals surface area contributed by atoms with Crippen molar-refractivity contribution >= 4 is 34.9 Å². The maximum atomic E-state index is 11.8. The Balaban J connectivity index is 2.05. The summed E-state index contributed by atoms with van der Waals surface area (Å²) < 4.78 is 3.96. The van der Waals surface area contributed by atoms with Crippen LogP contribution < -0.4 is 0 Å². The van der Waals surface area contributed by atoms with Crippen LogP contribution in [0, 0.1) is 15.5 Å². The predicted molar refractivity (Wildman–Crippen MR) is 70.1 cm³/mol. The molecule has 0 heterocycles. The van der Waals surface area contributed by atoms with Gasteiger partial charge < -0.3 is 4.74 Å². The zero-order valence-electron chi connectivity index (χ0n) is 10.1. The van der Waals surface area contributed by atoms with E-state index < -0.39 is 20.6 Å². The van der Waals surface area contributed by atoms with Gasteiger partial charge in [0.05, 0.1) is 10.5 Å². The van der Waals surface area contributed by atoms with E-state index in [1.165, 1.54) is 12.1 Å². The molecule has 1 aromatic rings. The molecule has 2 rings (SSSR count). The first-order chi connectivity index (χ1) is 8.78. The van der Waals surface area contributed by atoms with Gasteiger partial charge in [0.15, 0.2) is 0 Å². The number of carbonyl (C=O) groups excluding carboxylic acids is 1. The molecule has 0 aromatic heterocycles. The Morgan fingerprint density at radius 2 is 2.05 bits per heavy atom. The van der Waals surface area contributed by atoms with Gasteiger partial charge in [0, 0.05) is 12.5 Å². The number of ether oxygens (including phenoxy) is 1. The van der Waals surface area contributed by atoms with Crippen molar-refractivity contribution in [2.24, 2.45) is 5.41 Å². The summed E-state index contributed by atoms with van der Waals surface area (Å²) in [5.74, 6) is -0.546. The number of hydrogen-bond donors (Lipinski definition) is 0. The molecule has 1 aliphatic carbocycles. The number of hydrogen-bond acceptors (Lipinski definition) is 4. The maximum Gasteiger partial charge on any atom is 0.315 e. The number of halogens is 2. The number of nitrogens with zero attached hydrogens (tertiary/aromatic N) is 1.